The molecule has 0 aliphatic heterocycles. The zero-order valence-corrected chi connectivity index (χ0v) is 15.8. The van der Waals surface area contributed by atoms with Gasteiger partial charge in [-0.3, -0.25) is 0 Å². The summed E-state index contributed by atoms with van der Waals surface area (Å²) in [6.45, 7) is 9.27. The van der Waals surface area contributed by atoms with E-state index in [1.165, 1.54) is 10.3 Å². The van der Waals surface area contributed by atoms with Crippen molar-refractivity contribution in [3.63, 3.8) is 0 Å². The minimum absolute atomic E-state index is 0.0797. The Labute approximate surface area is 146 Å². The molecule has 1 aromatic heterocycles. The Bertz CT molecular complexity index is 579. The van der Waals surface area contributed by atoms with E-state index < -0.39 is 23.8 Å². The van der Waals surface area contributed by atoms with E-state index in [-0.39, 0.29) is 24.1 Å². The quantitative estimate of drug-likeness (QED) is 0.810. The Hall–Kier alpha value is -1.67. The molecule has 24 heavy (non-hydrogen) atoms. The predicted molar refractivity (Wildman–Crippen MR) is 91.3 cm³/mol. The van der Waals surface area contributed by atoms with Gasteiger partial charge in [0.25, 0.3) is 0 Å². The van der Waals surface area contributed by atoms with Crippen LogP contribution in [0.5, 0.6) is 0 Å². The van der Waals surface area contributed by atoms with Crippen LogP contribution in [0, 0.1) is 5.92 Å². The lowest BCUT2D eigenvalue weighted by Gasteiger charge is -2.34. The number of carbonyl (C=O) groups is 2. The maximum absolute atomic E-state index is 12.2. The number of amides is 1. The molecule has 8 heteroatoms. The first-order valence-electron chi connectivity index (χ1n) is 7.75. The number of carboxylic acid groups (broad SMARTS) is 1. The van der Waals surface area contributed by atoms with E-state index in [4.69, 9.17) is 9.84 Å². The van der Waals surface area contributed by atoms with Crippen LogP contribution in [0.3, 0.4) is 0 Å². The van der Waals surface area contributed by atoms with E-state index in [0.29, 0.717) is 5.01 Å². The first-order chi connectivity index (χ1) is 10.9. The average Bonchev–Trinajstić information content (AvgIpc) is 2.91. The van der Waals surface area contributed by atoms with Crippen molar-refractivity contribution in [1.29, 1.82) is 0 Å². The number of carbonyl (C=O) groups excluding carboxylic acids is 1. The van der Waals surface area contributed by atoms with Crippen LogP contribution < -0.4 is 0 Å². The molecule has 0 unspecified atom stereocenters. The molecular weight excluding hydrogens is 332 g/mol. The lowest BCUT2D eigenvalue weighted by atomic mass is 9.97. The molecule has 0 bridgehead atoms. The maximum atomic E-state index is 12.2. The molecule has 1 aromatic rings. The predicted octanol–water partition coefficient (Wildman–Crippen LogP) is 3.16. The van der Waals surface area contributed by atoms with Crippen LogP contribution in [0.4, 0.5) is 4.79 Å². The molecule has 0 aromatic carbocycles. The van der Waals surface area contributed by atoms with Crippen molar-refractivity contribution < 1.29 is 24.5 Å². The molecular formula is C16H26N2O5S. The first kappa shape index (κ1) is 20.4. The molecule has 0 saturated carbocycles. The Morgan fingerprint density at radius 1 is 1.38 bits per heavy atom. The van der Waals surface area contributed by atoms with E-state index >= 15 is 0 Å². The third-order valence-electron chi connectivity index (χ3n) is 3.44. The Balaban J connectivity index is 2.84. The number of aromatic nitrogens is 1. The molecule has 2 atom stereocenters. The molecule has 1 amide bonds. The van der Waals surface area contributed by atoms with Crippen LogP contribution in [0.15, 0.2) is 5.38 Å². The van der Waals surface area contributed by atoms with Crippen molar-refractivity contribution in [2.75, 3.05) is 7.05 Å². The lowest BCUT2D eigenvalue weighted by molar-refractivity contribution is 0.0106. The van der Waals surface area contributed by atoms with Crippen LogP contribution >= 0.6 is 11.3 Å². The van der Waals surface area contributed by atoms with Gasteiger partial charge in [0.15, 0.2) is 5.69 Å². The summed E-state index contributed by atoms with van der Waals surface area (Å²) in [7, 11) is 1.63. The molecule has 7 nitrogen and oxygen atoms in total. The normalized spacial score (nSPS) is 14.3. The van der Waals surface area contributed by atoms with Crippen LogP contribution in [-0.4, -0.2) is 50.9 Å². The summed E-state index contributed by atoms with van der Waals surface area (Å²) in [5.41, 5.74) is -0.687. The number of aromatic carboxylic acids is 1. The summed E-state index contributed by atoms with van der Waals surface area (Å²) in [6.07, 6.45) is -1.15. The highest BCUT2D eigenvalue weighted by molar-refractivity contribution is 7.09. The van der Waals surface area contributed by atoms with Gasteiger partial charge >= 0.3 is 12.1 Å². The standard InChI is InChI=1S/C16H26N2O5S/c1-9(2)11(18(6)15(22)23-16(3,4)5)7-12(19)13-17-10(8-24-13)14(20)21/h8-9,11-12,19H,7H2,1-6H3,(H,20,21)/t11-,12-/m0/s1. The number of ether oxygens (including phenoxy) is 1. The van der Waals surface area contributed by atoms with Gasteiger partial charge in [0.05, 0.1) is 0 Å². The summed E-state index contributed by atoms with van der Waals surface area (Å²) < 4.78 is 5.37. The molecule has 0 saturated heterocycles. The fourth-order valence-corrected chi connectivity index (χ4v) is 3.01. The number of carboxylic acids is 1. The average molecular weight is 358 g/mol. The maximum Gasteiger partial charge on any atom is 0.410 e. The zero-order chi connectivity index (χ0) is 18.7. The van der Waals surface area contributed by atoms with Crippen molar-refractivity contribution >= 4 is 23.4 Å². The molecule has 0 spiro atoms. The SMILES string of the molecule is CC(C)[C@H](C[C@H](O)c1nc(C(=O)O)cs1)N(C)C(=O)OC(C)(C)C. The third-order valence-corrected chi connectivity index (χ3v) is 4.39. The molecule has 0 fully saturated rings. The molecule has 0 aliphatic carbocycles. The molecule has 0 aliphatic rings. The lowest BCUT2D eigenvalue weighted by Crippen LogP contribution is -2.44. The van der Waals surface area contributed by atoms with Crippen LogP contribution in [0.2, 0.25) is 0 Å². The fourth-order valence-electron chi connectivity index (χ4n) is 2.22. The number of aliphatic hydroxyl groups is 1. The van der Waals surface area contributed by atoms with E-state index in [9.17, 15) is 14.7 Å². The van der Waals surface area contributed by atoms with E-state index in [1.54, 1.807) is 27.8 Å². The molecule has 1 heterocycles. The van der Waals surface area contributed by atoms with Gasteiger partial charge in [0.1, 0.15) is 16.7 Å². The Kier molecular flexibility index (Phi) is 6.74. The van der Waals surface area contributed by atoms with Crippen LogP contribution in [-0.2, 0) is 4.74 Å². The molecule has 0 radical (unpaired) electrons. The van der Waals surface area contributed by atoms with Gasteiger partial charge in [0.2, 0.25) is 0 Å². The van der Waals surface area contributed by atoms with Crippen molar-refractivity contribution in [2.45, 2.75) is 58.8 Å². The van der Waals surface area contributed by atoms with Gasteiger partial charge in [-0.25, -0.2) is 14.6 Å². The fraction of sp³-hybridized carbons (Fsp3) is 0.688. The number of thiazole rings is 1. The highest BCUT2D eigenvalue weighted by atomic mass is 32.1. The highest BCUT2D eigenvalue weighted by Gasteiger charge is 2.30. The van der Waals surface area contributed by atoms with E-state index in [1.807, 2.05) is 13.8 Å². The van der Waals surface area contributed by atoms with Crippen molar-refractivity contribution in [2.24, 2.45) is 5.92 Å². The first-order valence-corrected chi connectivity index (χ1v) is 8.63. The van der Waals surface area contributed by atoms with E-state index in [2.05, 4.69) is 4.98 Å². The number of hydrogen-bond acceptors (Lipinski definition) is 6. The Morgan fingerprint density at radius 3 is 2.38 bits per heavy atom. The smallest absolute Gasteiger partial charge is 0.410 e. The minimum Gasteiger partial charge on any atom is -0.476 e. The van der Waals surface area contributed by atoms with Gasteiger partial charge in [-0.2, -0.15) is 0 Å². The number of rotatable bonds is 6. The summed E-state index contributed by atoms with van der Waals surface area (Å²) in [6, 6.07) is -0.271. The minimum atomic E-state index is -1.13. The number of hydrogen-bond donors (Lipinski definition) is 2. The van der Waals surface area contributed by atoms with Gasteiger partial charge < -0.3 is 19.8 Å². The second-order valence-electron chi connectivity index (χ2n) is 7.03. The monoisotopic (exact) mass is 358 g/mol. The van der Waals surface area contributed by atoms with Gasteiger partial charge in [-0.05, 0) is 26.7 Å². The van der Waals surface area contributed by atoms with Crippen molar-refractivity contribution in [1.82, 2.24) is 9.88 Å². The summed E-state index contributed by atoms with van der Waals surface area (Å²) >= 11 is 1.09. The second-order valence-corrected chi connectivity index (χ2v) is 7.92. The Morgan fingerprint density at radius 2 is 1.96 bits per heavy atom. The van der Waals surface area contributed by atoms with Gasteiger partial charge in [-0.1, -0.05) is 13.8 Å². The summed E-state index contributed by atoms with van der Waals surface area (Å²) in [5.74, 6) is -1.05. The summed E-state index contributed by atoms with van der Waals surface area (Å²) in [5, 5.41) is 21.0. The second kappa shape index (κ2) is 7.94. The largest absolute Gasteiger partial charge is 0.476 e. The van der Waals surface area contributed by atoms with E-state index in [0.717, 1.165) is 11.3 Å². The summed E-state index contributed by atoms with van der Waals surface area (Å²) in [4.78, 5) is 28.5. The third kappa shape index (κ3) is 5.76. The number of nitrogens with zero attached hydrogens (tertiary/aromatic N) is 2. The number of aliphatic hydroxyl groups excluding tert-OH is 1. The topological polar surface area (TPSA) is 100.0 Å². The van der Waals surface area contributed by atoms with Crippen molar-refractivity contribution in [3.05, 3.63) is 16.1 Å². The highest BCUT2D eigenvalue weighted by Crippen LogP contribution is 2.27. The van der Waals surface area contributed by atoms with Gasteiger partial charge in [-0.15, -0.1) is 11.3 Å². The molecule has 2 N–H and O–H groups in total. The molecule has 1 rings (SSSR count). The van der Waals surface area contributed by atoms with Crippen molar-refractivity contribution in [3.8, 4) is 0 Å². The zero-order valence-electron chi connectivity index (χ0n) is 14.9. The van der Waals surface area contributed by atoms with Gasteiger partial charge in [0, 0.05) is 24.9 Å². The molecule has 136 valence electrons. The van der Waals surface area contributed by atoms with Crippen LogP contribution in [0.1, 0.15) is 62.6 Å². The van der Waals surface area contributed by atoms with Crippen LogP contribution in [0.25, 0.3) is 0 Å².